The zero-order chi connectivity index (χ0) is 17.8. The highest BCUT2D eigenvalue weighted by atomic mass is 16.2. The van der Waals surface area contributed by atoms with Gasteiger partial charge in [0.05, 0.1) is 0 Å². The molecule has 7 heteroatoms. The molecule has 134 valence electrons. The Labute approximate surface area is 152 Å². The van der Waals surface area contributed by atoms with E-state index in [1.807, 2.05) is 35.2 Å². The summed E-state index contributed by atoms with van der Waals surface area (Å²) in [5.74, 6) is 1.67. The molecule has 1 aliphatic rings. The number of hydrogen-bond acceptors (Lipinski definition) is 5. The standard InChI is InChI=1S/C19H22N6O/c26-19(24-12-4-5-13-24)11-10-18-22-21-17-9-8-16(23-25(17)18)20-14-15-6-2-1-3-7-15/h1-3,6-9H,4-5,10-14H2,(H,20,23). The Morgan fingerprint density at radius 3 is 2.65 bits per heavy atom. The lowest BCUT2D eigenvalue weighted by atomic mass is 10.2. The van der Waals surface area contributed by atoms with Crippen molar-refractivity contribution in [3.05, 3.63) is 53.9 Å². The predicted octanol–water partition coefficient (Wildman–Crippen LogP) is 2.29. The van der Waals surface area contributed by atoms with E-state index in [2.05, 4.69) is 32.7 Å². The molecule has 1 aromatic carbocycles. The van der Waals surface area contributed by atoms with Gasteiger partial charge in [0.2, 0.25) is 5.91 Å². The number of nitrogens with zero attached hydrogens (tertiary/aromatic N) is 5. The molecular formula is C19H22N6O. The largest absolute Gasteiger partial charge is 0.365 e. The van der Waals surface area contributed by atoms with Crippen molar-refractivity contribution < 1.29 is 4.79 Å². The molecule has 1 aliphatic heterocycles. The highest BCUT2D eigenvalue weighted by Gasteiger charge is 2.18. The summed E-state index contributed by atoms with van der Waals surface area (Å²) in [4.78, 5) is 14.2. The van der Waals surface area contributed by atoms with E-state index in [0.717, 1.165) is 37.6 Å². The van der Waals surface area contributed by atoms with Crippen molar-refractivity contribution >= 4 is 17.4 Å². The van der Waals surface area contributed by atoms with E-state index in [-0.39, 0.29) is 5.91 Å². The van der Waals surface area contributed by atoms with Gasteiger partial charge in [0, 0.05) is 32.5 Å². The maximum Gasteiger partial charge on any atom is 0.223 e. The summed E-state index contributed by atoms with van der Waals surface area (Å²) in [6, 6.07) is 14.0. The zero-order valence-electron chi connectivity index (χ0n) is 14.6. The number of nitrogens with one attached hydrogen (secondary N) is 1. The Balaban J connectivity index is 1.43. The van der Waals surface area contributed by atoms with Crippen LogP contribution in [0.15, 0.2) is 42.5 Å². The number of rotatable bonds is 6. The summed E-state index contributed by atoms with van der Waals surface area (Å²) < 4.78 is 1.73. The van der Waals surface area contributed by atoms with Gasteiger partial charge in [-0.3, -0.25) is 4.79 Å². The van der Waals surface area contributed by atoms with Gasteiger partial charge in [0.1, 0.15) is 5.82 Å². The Morgan fingerprint density at radius 2 is 1.85 bits per heavy atom. The molecule has 1 fully saturated rings. The van der Waals surface area contributed by atoms with Gasteiger partial charge in [0.25, 0.3) is 0 Å². The number of amides is 1. The molecule has 3 aromatic rings. The molecule has 1 N–H and O–H groups in total. The second kappa shape index (κ2) is 7.51. The SMILES string of the molecule is O=C(CCc1nnc2ccc(NCc3ccccc3)nn12)N1CCCC1. The summed E-state index contributed by atoms with van der Waals surface area (Å²) in [7, 11) is 0. The smallest absolute Gasteiger partial charge is 0.223 e. The lowest BCUT2D eigenvalue weighted by molar-refractivity contribution is -0.130. The number of hydrogen-bond donors (Lipinski definition) is 1. The summed E-state index contributed by atoms with van der Waals surface area (Å²) in [5.41, 5.74) is 1.88. The quantitative estimate of drug-likeness (QED) is 0.738. The van der Waals surface area contributed by atoms with E-state index in [9.17, 15) is 4.79 Å². The fraction of sp³-hybridized carbons (Fsp3) is 0.368. The second-order valence-electron chi connectivity index (χ2n) is 6.53. The lowest BCUT2D eigenvalue weighted by Crippen LogP contribution is -2.27. The summed E-state index contributed by atoms with van der Waals surface area (Å²) >= 11 is 0. The first kappa shape index (κ1) is 16.5. The molecule has 3 heterocycles. The van der Waals surface area contributed by atoms with E-state index in [0.29, 0.717) is 25.0 Å². The maximum absolute atomic E-state index is 12.2. The number of carbonyl (C=O) groups excluding carboxylic acids is 1. The lowest BCUT2D eigenvalue weighted by Gasteiger charge is -2.14. The third-order valence-corrected chi connectivity index (χ3v) is 4.67. The molecular weight excluding hydrogens is 328 g/mol. The Kier molecular flexibility index (Phi) is 4.77. The topological polar surface area (TPSA) is 75.4 Å². The molecule has 7 nitrogen and oxygen atoms in total. The van der Waals surface area contributed by atoms with Crippen LogP contribution < -0.4 is 5.32 Å². The van der Waals surface area contributed by atoms with Crippen LogP contribution in [0.5, 0.6) is 0 Å². The van der Waals surface area contributed by atoms with E-state index in [1.165, 1.54) is 5.56 Å². The van der Waals surface area contributed by atoms with Gasteiger partial charge < -0.3 is 10.2 Å². The second-order valence-corrected chi connectivity index (χ2v) is 6.53. The first-order valence-electron chi connectivity index (χ1n) is 9.06. The Hall–Kier alpha value is -2.96. The van der Waals surface area contributed by atoms with Crippen LogP contribution in [-0.2, 0) is 17.8 Å². The van der Waals surface area contributed by atoms with E-state index in [1.54, 1.807) is 4.52 Å². The highest BCUT2D eigenvalue weighted by molar-refractivity contribution is 5.76. The minimum absolute atomic E-state index is 0.192. The van der Waals surface area contributed by atoms with Crippen molar-refractivity contribution in [2.75, 3.05) is 18.4 Å². The van der Waals surface area contributed by atoms with Crippen LogP contribution in [0.3, 0.4) is 0 Å². The van der Waals surface area contributed by atoms with E-state index in [4.69, 9.17) is 0 Å². The zero-order valence-corrected chi connectivity index (χ0v) is 14.6. The van der Waals surface area contributed by atoms with Gasteiger partial charge in [-0.2, -0.15) is 4.52 Å². The minimum atomic E-state index is 0.192. The van der Waals surface area contributed by atoms with Crippen molar-refractivity contribution in [2.45, 2.75) is 32.2 Å². The Morgan fingerprint density at radius 1 is 1.04 bits per heavy atom. The third kappa shape index (κ3) is 3.66. The van der Waals surface area contributed by atoms with Gasteiger partial charge in [0.15, 0.2) is 11.5 Å². The Bertz CT molecular complexity index is 885. The van der Waals surface area contributed by atoms with Crippen LogP contribution in [-0.4, -0.2) is 43.7 Å². The van der Waals surface area contributed by atoms with Gasteiger partial charge >= 0.3 is 0 Å². The van der Waals surface area contributed by atoms with Crippen LogP contribution in [0, 0.1) is 0 Å². The number of fused-ring (bicyclic) bond motifs is 1. The minimum Gasteiger partial charge on any atom is -0.365 e. The van der Waals surface area contributed by atoms with Crippen LogP contribution >= 0.6 is 0 Å². The third-order valence-electron chi connectivity index (χ3n) is 4.67. The van der Waals surface area contributed by atoms with Crippen molar-refractivity contribution in [3.8, 4) is 0 Å². The average Bonchev–Trinajstić information content (AvgIpc) is 3.35. The van der Waals surface area contributed by atoms with Crippen LogP contribution in [0.2, 0.25) is 0 Å². The molecule has 1 amide bonds. The normalized spacial score (nSPS) is 14.1. The molecule has 0 saturated carbocycles. The van der Waals surface area contributed by atoms with Crippen LogP contribution in [0.25, 0.3) is 5.65 Å². The predicted molar refractivity (Wildman–Crippen MR) is 98.7 cm³/mol. The van der Waals surface area contributed by atoms with E-state index < -0.39 is 0 Å². The van der Waals surface area contributed by atoms with Crippen molar-refractivity contribution in [2.24, 2.45) is 0 Å². The number of anilines is 1. The molecule has 1 saturated heterocycles. The van der Waals surface area contributed by atoms with Crippen molar-refractivity contribution in [1.82, 2.24) is 24.7 Å². The van der Waals surface area contributed by atoms with E-state index >= 15 is 0 Å². The summed E-state index contributed by atoms with van der Waals surface area (Å²) in [6.45, 7) is 2.46. The monoisotopic (exact) mass is 350 g/mol. The first-order valence-corrected chi connectivity index (χ1v) is 9.06. The highest BCUT2D eigenvalue weighted by Crippen LogP contribution is 2.13. The molecule has 0 aliphatic carbocycles. The van der Waals surface area contributed by atoms with Crippen molar-refractivity contribution in [1.29, 1.82) is 0 Å². The number of aryl methyl sites for hydroxylation is 1. The van der Waals surface area contributed by atoms with Gasteiger partial charge in [-0.1, -0.05) is 30.3 Å². The summed E-state index contributed by atoms with van der Waals surface area (Å²) in [6.07, 6.45) is 3.21. The number of benzene rings is 1. The molecule has 0 bridgehead atoms. The molecule has 0 radical (unpaired) electrons. The first-order chi connectivity index (χ1) is 12.8. The molecule has 0 atom stereocenters. The summed E-state index contributed by atoms with van der Waals surface area (Å²) in [5, 5.41) is 16.3. The van der Waals surface area contributed by atoms with Crippen LogP contribution in [0.1, 0.15) is 30.7 Å². The van der Waals surface area contributed by atoms with Crippen LogP contribution in [0.4, 0.5) is 5.82 Å². The van der Waals surface area contributed by atoms with Crippen molar-refractivity contribution in [3.63, 3.8) is 0 Å². The number of likely N-dealkylation sites (tertiary alicyclic amines) is 1. The number of aromatic nitrogens is 4. The average molecular weight is 350 g/mol. The number of carbonyl (C=O) groups is 1. The molecule has 26 heavy (non-hydrogen) atoms. The fourth-order valence-corrected chi connectivity index (χ4v) is 3.22. The maximum atomic E-state index is 12.2. The molecule has 2 aromatic heterocycles. The fourth-order valence-electron chi connectivity index (χ4n) is 3.22. The molecule has 0 spiro atoms. The van der Waals surface area contributed by atoms with Gasteiger partial charge in [-0.05, 0) is 30.5 Å². The molecule has 4 rings (SSSR count). The van der Waals surface area contributed by atoms with Gasteiger partial charge in [-0.25, -0.2) is 0 Å². The van der Waals surface area contributed by atoms with Gasteiger partial charge in [-0.15, -0.1) is 15.3 Å². The molecule has 0 unspecified atom stereocenters.